The van der Waals surface area contributed by atoms with Crippen LogP contribution in [0.5, 0.6) is 0 Å². The van der Waals surface area contributed by atoms with Gasteiger partial charge in [-0.25, -0.2) is 4.99 Å². The Morgan fingerprint density at radius 3 is 2.81 bits per heavy atom. The van der Waals surface area contributed by atoms with E-state index in [1.165, 1.54) is 11.3 Å². The number of likely N-dealkylation sites (tertiary alicyclic amines) is 1. The summed E-state index contributed by atoms with van der Waals surface area (Å²) in [4.78, 5) is 8.52. The van der Waals surface area contributed by atoms with E-state index in [1.54, 1.807) is 0 Å². The standard InChI is InChI=1S/C19H28N6S/c1-4-20-19(21-12-18-23-22-15(2)24(18)3)25-11-10-16(13-25)14-26-17-8-6-5-7-9-17/h5-9,16H,4,10-14H2,1-3H3,(H,20,21). The van der Waals surface area contributed by atoms with Gasteiger partial charge < -0.3 is 14.8 Å². The molecule has 1 aromatic carbocycles. The first-order valence-electron chi connectivity index (χ1n) is 9.23. The van der Waals surface area contributed by atoms with Crippen LogP contribution in [0.15, 0.2) is 40.2 Å². The van der Waals surface area contributed by atoms with E-state index in [9.17, 15) is 0 Å². The number of nitrogens with zero attached hydrogens (tertiary/aromatic N) is 5. The van der Waals surface area contributed by atoms with Gasteiger partial charge in [-0.2, -0.15) is 0 Å². The lowest BCUT2D eigenvalue weighted by Gasteiger charge is -2.21. The third-order valence-corrected chi connectivity index (χ3v) is 5.95. The number of hydrogen-bond acceptors (Lipinski definition) is 4. The number of hydrogen-bond donors (Lipinski definition) is 1. The van der Waals surface area contributed by atoms with E-state index < -0.39 is 0 Å². The summed E-state index contributed by atoms with van der Waals surface area (Å²) in [5.74, 6) is 4.65. The Bertz CT molecular complexity index is 727. The summed E-state index contributed by atoms with van der Waals surface area (Å²) in [7, 11) is 1.99. The monoisotopic (exact) mass is 372 g/mol. The van der Waals surface area contributed by atoms with Crippen LogP contribution in [-0.2, 0) is 13.6 Å². The Morgan fingerprint density at radius 1 is 1.31 bits per heavy atom. The van der Waals surface area contributed by atoms with Gasteiger partial charge in [0, 0.05) is 37.3 Å². The minimum atomic E-state index is 0.555. The maximum atomic E-state index is 4.79. The van der Waals surface area contributed by atoms with Gasteiger partial charge in [-0.15, -0.1) is 22.0 Å². The first-order valence-corrected chi connectivity index (χ1v) is 10.2. The number of aliphatic imine (C=N–C) groups is 1. The molecule has 1 atom stereocenters. The molecule has 0 amide bonds. The van der Waals surface area contributed by atoms with E-state index in [0.29, 0.717) is 12.5 Å². The molecule has 1 saturated heterocycles. The van der Waals surface area contributed by atoms with E-state index in [2.05, 4.69) is 57.7 Å². The van der Waals surface area contributed by atoms with Crippen LogP contribution < -0.4 is 5.32 Å². The van der Waals surface area contributed by atoms with Gasteiger partial charge in [-0.1, -0.05) is 18.2 Å². The van der Waals surface area contributed by atoms with Crippen molar-refractivity contribution in [2.75, 3.05) is 25.4 Å². The van der Waals surface area contributed by atoms with Crippen LogP contribution in [0, 0.1) is 12.8 Å². The summed E-state index contributed by atoms with van der Waals surface area (Å²) in [5.41, 5.74) is 0. The highest BCUT2D eigenvalue weighted by molar-refractivity contribution is 7.99. The van der Waals surface area contributed by atoms with Crippen LogP contribution in [-0.4, -0.2) is 51.0 Å². The topological polar surface area (TPSA) is 58.3 Å². The lowest BCUT2D eigenvalue weighted by atomic mass is 10.2. The number of rotatable bonds is 6. The van der Waals surface area contributed by atoms with Crippen molar-refractivity contribution in [1.29, 1.82) is 0 Å². The fourth-order valence-electron chi connectivity index (χ4n) is 3.05. The molecule has 0 spiro atoms. The van der Waals surface area contributed by atoms with Crippen molar-refractivity contribution in [2.24, 2.45) is 18.0 Å². The molecule has 7 heteroatoms. The number of nitrogens with one attached hydrogen (secondary N) is 1. The molecule has 1 fully saturated rings. The Kier molecular flexibility index (Phi) is 6.55. The van der Waals surface area contributed by atoms with Crippen molar-refractivity contribution >= 4 is 17.7 Å². The SMILES string of the molecule is CCNC(=NCc1nnc(C)n1C)N1CCC(CSc2ccccc2)C1. The molecule has 0 aliphatic carbocycles. The highest BCUT2D eigenvalue weighted by atomic mass is 32.2. The first-order chi connectivity index (χ1) is 12.7. The predicted octanol–water partition coefficient (Wildman–Crippen LogP) is 2.70. The van der Waals surface area contributed by atoms with E-state index >= 15 is 0 Å². The molecule has 3 rings (SSSR count). The van der Waals surface area contributed by atoms with Crippen LogP contribution in [0.2, 0.25) is 0 Å². The lowest BCUT2D eigenvalue weighted by molar-refractivity contribution is 0.473. The number of aromatic nitrogens is 3. The first kappa shape index (κ1) is 18.8. The van der Waals surface area contributed by atoms with Gasteiger partial charge in [0.15, 0.2) is 11.8 Å². The summed E-state index contributed by atoms with van der Waals surface area (Å²) in [6, 6.07) is 10.7. The fourth-order valence-corrected chi connectivity index (χ4v) is 4.10. The van der Waals surface area contributed by atoms with Crippen molar-refractivity contribution in [2.45, 2.75) is 31.7 Å². The second-order valence-electron chi connectivity index (χ2n) is 6.62. The summed E-state index contributed by atoms with van der Waals surface area (Å²) < 4.78 is 2.00. The summed E-state index contributed by atoms with van der Waals surface area (Å²) in [6.07, 6.45) is 1.22. The smallest absolute Gasteiger partial charge is 0.194 e. The van der Waals surface area contributed by atoms with Crippen LogP contribution >= 0.6 is 11.8 Å². The second-order valence-corrected chi connectivity index (χ2v) is 7.71. The van der Waals surface area contributed by atoms with Crippen LogP contribution in [0.3, 0.4) is 0 Å². The van der Waals surface area contributed by atoms with Gasteiger partial charge in [-0.05, 0) is 38.3 Å². The molecule has 140 valence electrons. The highest BCUT2D eigenvalue weighted by Gasteiger charge is 2.25. The summed E-state index contributed by atoms with van der Waals surface area (Å²) >= 11 is 1.95. The Hall–Kier alpha value is -2.02. The van der Waals surface area contributed by atoms with Crippen molar-refractivity contribution in [1.82, 2.24) is 25.0 Å². The van der Waals surface area contributed by atoms with Crippen LogP contribution in [0.25, 0.3) is 0 Å². The molecular formula is C19H28N6S. The van der Waals surface area contributed by atoms with Crippen molar-refractivity contribution < 1.29 is 0 Å². The average Bonchev–Trinajstić information content (AvgIpc) is 3.26. The molecule has 6 nitrogen and oxygen atoms in total. The Morgan fingerprint density at radius 2 is 2.12 bits per heavy atom. The largest absolute Gasteiger partial charge is 0.357 e. The van der Waals surface area contributed by atoms with Crippen molar-refractivity contribution in [3.63, 3.8) is 0 Å². The normalized spacial score (nSPS) is 17.7. The average molecular weight is 373 g/mol. The summed E-state index contributed by atoms with van der Waals surface area (Å²) in [6.45, 7) is 7.62. The number of aryl methyl sites for hydroxylation is 1. The molecule has 0 bridgehead atoms. The van der Waals surface area contributed by atoms with E-state index in [1.807, 2.05) is 30.3 Å². The molecule has 26 heavy (non-hydrogen) atoms. The minimum absolute atomic E-state index is 0.555. The Balaban J connectivity index is 1.56. The molecular weight excluding hydrogens is 344 g/mol. The third-order valence-electron chi connectivity index (χ3n) is 4.70. The molecule has 2 aromatic rings. The lowest BCUT2D eigenvalue weighted by Crippen LogP contribution is -2.40. The highest BCUT2D eigenvalue weighted by Crippen LogP contribution is 2.25. The minimum Gasteiger partial charge on any atom is -0.357 e. The van der Waals surface area contributed by atoms with E-state index in [0.717, 1.165) is 43.0 Å². The third kappa shape index (κ3) is 4.78. The quantitative estimate of drug-likeness (QED) is 0.480. The van der Waals surface area contributed by atoms with Crippen molar-refractivity contribution in [3.8, 4) is 0 Å². The fraction of sp³-hybridized carbons (Fsp3) is 0.526. The Labute approximate surface area is 160 Å². The molecule has 1 aliphatic rings. The van der Waals surface area contributed by atoms with Crippen molar-refractivity contribution in [3.05, 3.63) is 42.0 Å². The predicted molar refractivity (Wildman–Crippen MR) is 107 cm³/mol. The van der Waals surface area contributed by atoms with Gasteiger partial charge in [-0.3, -0.25) is 0 Å². The number of thioether (sulfide) groups is 1. The van der Waals surface area contributed by atoms with Crippen LogP contribution in [0.4, 0.5) is 0 Å². The summed E-state index contributed by atoms with van der Waals surface area (Å²) in [5, 5.41) is 11.7. The number of guanidine groups is 1. The molecule has 1 unspecified atom stereocenters. The number of benzene rings is 1. The zero-order chi connectivity index (χ0) is 18.4. The second kappa shape index (κ2) is 9.07. The van der Waals surface area contributed by atoms with Crippen LogP contribution in [0.1, 0.15) is 25.0 Å². The van der Waals surface area contributed by atoms with Gasteiger partial charge in [0.2, 0.25) is 0 Å². The zero-order valence-corrected chi connectivity index (χ0v) is 16.7. The maximum Gasteiger partial charge on any atom is 0.194 e. The molecule has 1 aromatic heterocycles. The maximum absolute atomic E-state index is 4.79. The van der Waals surface area contributed by atoms with Gasteiger partial charge >= 0.3 is 0 Å². The molecule has 1 N–H and O–H groups in total. The molecule has 0 saturated carbocycles. The molecule has 1 aliphatic heterocycles. The van der Waals surface area contributed by atoms with Gasteiger partial charge in [0.25, 0.3) is 0 Å². The van der Waals surface area contributed by atoms with E-state index in [-0.39, 0.29) is 0 Å². The van der Waals surface area contributed by atoms with Gasteiger partial charge in [0.1, 0.15) is 12.4 Å². The zero-order valence-electron chi connectivity index (χ0n) is 15.9. The van der Waals surface area contributed by atoms with E-state index in [4.69, 9.17) is 4.99 Å². The van der Waals surface area contributed by atoms with Gasteiger partial charge in [0.05, 0.1) is 0 Å². The molecule has 0 radical (unpaired) electrons. The molecule has 2 heterocycles.